The third kappa shape index (κ3) is 9.96. The van der Waals surface area contributed by atoms with Crippen molar-refractivity contribution in [3.05, 3.63) is 34.9 Å². The molecule has 196 valence electrons. The van der Waals surface area contributed by atoms with E-state index < -0.39 is 35.6 Å². The van der Waals surface area contributed by atoms with Crippen LogP contribution in [0.5, 0.6) is 0 Å². The molecule has 0 fully saturated rings. The molecule has 0 saturated carbocycles. The van der Waals surface area contributed by atoms with Gasteiger partial charge in [-0.05, 0) is 71.1 Å². The van der Waals surface area contributed by atoms with Crippen molar-refractivity contribution in [2.24, 2.45) is 5.73 Å². The van der Waals surface area contributed by atoms with Gasteiger partial charge in [0, 0.05) is 19.5 Å². The molecule has 0 spiro atoms. The Balaban J connectivity index is 3.36. The Morgan fingerprint density at radius 2 is 1.74 bits per heavy atom. The van der Waals surface area contributed by atoms with E-state index in [9.17, 15) is 19.2 Å². The molecule has 2 unspecified atom stereocenters. The van der Waals surface area contributed by atoms with E-state index in [2.05, 4.69) is 10.6 Å². The Bertz CT molecular complexity index is 894. The largest absolute Gasteiger partial charge is 0.444 e. The fourth-order valence-electron chi connectivity index (χ4n) is 3.55. The lowest BCUT2D eigenvalue weighted by atomic mass is 9.98. The van der Waals surface area contributed by atoms with Gasteiger partial charge < -0.3 is 26.0 Å². The molecule has 35 heavy (non-hydrogen) atoms. The average molecular weight is 491 g/mol. The summed E-state index contributed by atoms with van der Waals surface area (Å²) in [7, 11) is 0. The highest BCUT2D eigenvalue weighted by molar-refractivity contribution is 5.92. The number of rotatable bonds is 12. The van der Waals surface area contributed by atoms with Crippen LogP contribution in [0.4, 0.5) is 4.79 Å². The lowest BCUT2D eigenvalue weighted by Gasteiger charge is -2.34. The highest BCUT2D eigenvalue weighted by atomic mass is 16.6. The molecular formula is C26H42N4O5. The quantitative estimate of drug-likeness (QED) is 0.387. The molecule has 0 aromatic heterocycles. The second-order valence-corrected chi connectivity index (χ2v) is 9.72. The SMILES string of the molecule is CCCCNC(=O)C(c1ccc(C)c(C)c1)N(CC)C(=O)C(CCC(N)=O)NC(=O)OC(C)(C)C. The monoisotopic (exact) mass is 490 g/mol. The number of amides is 4. The number of nitrogens with one attached hydrogen (secondary N) is 2. The van der Waals surface area contributed by atoms with Gasteiger partial charge in [-0.25, -0.2) is 4.79 Å². The number of nitrogens with two attached hydrogens (primary N) is 1. The Hall–Kier alpha value is -3.10. The lowest BCUT2D eigenvalue weighted by Crippen LogP contribution is -2.53. The van der Waals surface area contributed by atoms with Gasteiger partial charge in [0.05, 0.1) is 0 Å². The van der Waals surface area contributed by atoms with Crippen LogP contribution in [0.1, 0.15) is 83.0 Å². The summed E-state index contributed by atoms with van der Waals surface area (Å²) in [6.07, 6.45) is 0.820. The summed E-state index contributed by atoms with van der Waals surface area (Å²) in [6.45, 7) is 13.5. The van der Waals surface area contributed by atoms with Gasteiger partial charge in [0.2, 0.25) is 17.7 Å². The minimum absolute atomic E-state index is 0.0129. The molecule has 9 nitrogen and oxygen atoms in total. The number of hydrogen-bond acceptors (Lipinski definition) is 5. The van der Waals surface area contributed by atoms with Crippen LogP contribution in [-0.2, 0) is 19.1 Å². The first kappa shape index (κ1) is 29.9. The number of benzene rings is 1. The number of carbonyl (C=O) groups is 4. The molecule has 4 N–H and O–H groups in total. The van der Waals surface area contributed by atoms with Crippen LogP contribution in [0.2, 0.25) is 0 Å². The number of carbonyl (C=O) groups excluding carboxylic acids is 4. The van der Waals surface area contributed by atoms with Crippen molar-refractivity contribution in [2.75, 3.05) is 13.1 Å². The number of hydrogen-bond donors (Lipinski definition) is 3. The maximum Gasteiger partial charge on any atom is 0.408 e. The predicted octanol–water partition coefficient (Wildman–Crippen LogP) is 3.27. The summed E-state index contributed by atoms with van der Waals surface area (Å²) in [4.78, 5) is 52.4. The molecule has 4 amide bonds. The highest BCUT2D eigenvalue weighted by Gasteiger charge is 2.35. The van der Waals surface area contributed by atoms with Crippen LogP contribution in [0.25, 0.3) is 0 Å². The van der Waals surface area contributed by atoms with E-state index in [1.54, 1.807) is 27.7 Å². The Morgan fingerprint density at radius 1 is 1.09 bits per heavy atom. The maximum atomic E-state index is 13.7. The Morgan fingerprint density at radius 3 is 2.26 bits per heavy atom. The first-order chi connectivity index (χ1) is 16.3. The Labute approximate surface area is 209 Å². The van der Waals surface area contributed by atoms with Crippen LogP contribution < -0.4 is 16.4 Å². The van der Waals surface area contributed by atoms with E-state index >= 15 is 0 Å². The zero-order valence-electron chi connectivity index (χ0n) is 22.2. The smallest absolute Gasteiger partial charge is 0.408 e. The van der Waals surface area contributed by atoms with Crippen LogP contribution in [-0.4, -0.2) is 53.4 Å². The van der Waals surface area contributed by atoms with Crippen molar-refractivity contribution in [3.8, 4) is 0 Å². The third-order valence-corrected chi connectivity index (χ3v) is 5.53. The van der Waals surface area contributed by atoms with Gasteiger partial charge >= 0.3 is 6.09 Å². The molecule has 0 heterocycles. The van der Waals surface area contributed by atoms with Crippen LogP contribution in [0, 0.1) is 13.8 Å². The summed E-state index contributed by atoms with van der Waals surface area (Å²) in [5.41, 5.74) is 7.27. The van der Waals surface area contributed by atoms with Gasteiger partial charge in [0.1, 0.15) is 17.7 Å². The lowest BCUT2D eigenvalue weighted by molar-refractivity contribution is -0.142. The molecule has 0 aliphatic carbocycles. The molecule has 0 saturated heterocycles. The summed E-state index contributed by atoms with van der Waals surface area (Å²) in [5, 5.41) is 5.50. The number of primary amides is 1. The standard InChI is InChI=1S/C26H42N4O5/c1-8-10-15-28-23(32)22(19-12-11-17(3)18(4)16-19)30(9-2)24(33)20(13-14-21(27)31)29-25(34)35-26(5,6)7/h11-12,16,20,22H,8-10,13-15H2,1-7H3,(H2,27,31)(H,28,32)(H,29,34). The molecule has 9 heteroatoms. The maximum absolute atomic E-state index is 13.7. The summed E-state index contributed by atoms with van der Waals surface area (Å²) in [6, 6.07) is 3.66. The molecule has 0 aliphatic heterocycles. The van der Waals surface area contributed by atoms with Gasteiger partial charge in [-0.15, -0.1) is 0 Å². The minimum atomic E-state index is -1.09. The molecule has 0 radical (unpaired) electrons. The van der Waals surface area contributed by atoms with E-state index in [1.807, 2.05) is 39.0 Å². The molecule has 2 atom stereocenters. The first-order valence-corrected chi connectivity index (χ1v) is 12.2. The third-order valence-electron chi connectivity index (χ3n) is 5.53. The molecule has 1 aromatic carbocycles. The second kappa shape index (κ2) is 13.7. The molecular weight excluding hydrogens is 448 g/mol. The fraction of sp³-hybridized carbons (Fsp3) is 0.615. The average Bonchev–Trinajstić information content (AvgIpc) is 2.75. The summed E-state index contributed by atoms with van der Waals surface area (Å²) in [5.74, 6) is -1.39. The minimum Gasteiger partial charge on any atom is -0.444 e. The van der Waals surface area contributed by atoms with Crippen LogP contribution >= 0.6 is 0 Å². The van der Waals surface area contributed by atoms with Crippen molar-refractivity contribution in [2.45, 2.75) is 91.8 Å². The summed E-state index contributed by atoms with van der Waals surface area (Å²) >= 11 is 0. The topological polar surface area (TPSA) is 131 Å². The number of aryl methyl sites for hydroxylation is 2. The Kier molecular flexibility index (Phi) is 11.7. The van der Waals surface area contributed by atoms with E-state index in [0.717, 1.165) is 24.0 Å². The number of ether oxygens (including phenoxy) is 1. The highest BCUT2D eigenvalue weighted by Crippen LogP contribution is 2.25. The van der Waals surface area contributed by atoms with E-state index in [1.165, 1.54) is 4.90 Å². The summed E-state index contributed by atoms with van der Waals surface area (Å²) < 4.78 is 5.31. The van der Waals surface area contributed by atoms with Crippen molar-refractivity contribution in [3.63, 3.8) is 0 Å². The van der Waals surface area contributed by atoms with Crippen molar-refractivity contribution in [1.29, 1.82) is 0 Å². The fourth-order valence-corrected chi connectivity index (χ4v) is 3.55. The second-order valence-electron chi connectivity index (χ2n) is 9.72. The van der Waals surface area contributed by atoms with Crippen LogP contribution in [0.3, 0.4) is 0 Å². The van der Waals surface area contributed by atoms with Crippen LogP contribution in [0.15, 0.2) is 18.2 Å². The van der Waals surface area contributed by atoms with Gasteiger partial charge in [0.25, 0.3) is 0 Å². The molecule has 1 aromatic rings. The molecule has 0 bridgehead atoms. The number of alkyl carbamates (subject to hydrolysis) is 1. The number of unbranched alkanes of at least 4 members (excludes halogenated alkanes) is 1. The van der Waals surface area contributed by atoms with Gasteiger partial charge in [-0.3, -0.25) is 14.4 Å². The van der Waals surface area contributed by atoms with Gasteiger partial charge in [-0.1, -0.05) is 31.5 Å². The van der Waals surface area contributed by atoms with E-state index in [0.29, 0.717) is 12.1 Å². The normalized spacial score (nSPS) is 12.9. The molecule has 0 aliphatic rings. The van der Waals surface area contributed by atoms with Crippen molar-refractivity contribution < 1.29 is 23.9 Å². The zero-order chi connectivity index (χ0) is 26.8. The number of likely N-dealkylation sites (N-methyl/N-ethyl adjacent to an activating group) is 1. The van der Waals surface area contributed by atoms with E-state index in [4.69, 9.17) is 10.5 Å². The molecule has 1 rings (SSSR count). The predicted molar refractivity (Wildman–Crippen MR) is 136 cm³/mol. The first-order valence-electron chi connectivity index (χ1n) is 12.2. The number of nitrogens with zero attached hydrogens (tertiary/aromatic N) is 1. The van der Waals surface area contributed by atoms with Crippen molar-refractivity contribution >= 4 is 23.8 Å². The van der Waals surface area contributed by atoms with Gasteiger partial charge in [0.15, 0.2) is 0 Å². The zero-order valence-corrected chi connectivity index (χ0v) is 22.2. The van der Waals surface area contributed by atoms with Crippen molar-refractivity contribution in [1.82, 2.24) is 15.5 Å². The van der Waals surface area contributed by atoms with E-state index in [-0.39, 0.29) is 25.3 Å². The van der Waals surface area contributed by atoms with Gasteiger partial charge in [-0.2, -0.15) is 0 Å².